The molecule has 1 aliphatic rings. The molecule has 0 aromatic rings. The van der Waals surface area contributed by atoms with Crippen LogP contribution < -0.4 is 0 Å². The fraction of sp³-hybridized carbons (Fsp3) is 0.833. The van der Waals surface area contributed by atoms with Crippen molar-refractivity contribution in [1.82, 2.24) is 4.90 Å². The van der Waals surface area contributed by atoms with Crippen molar-refractivity contribution in [2.24, 2.45) is 0 Å². The van der Waals surface area contributed by atoms with Crippen LogP contribution >= 0.6 is 0 Å². The minimum absolute atomic E-state index is 0.289. The van der Waals surface area contributed by atoms with E-state index in [2.05, 4.69) is 6.92 Å². The summed E-state index contributed by atoms with van der Waals surface area (Å²) in [5.74, 6) is 0.289. The molecule has 1 atom stereocenters. The van der Waals surface area contributed by atoms with Gasteiger partial charge in [-0.2, -0.15) is 0 Å². The molecule has 1 heterocycles. The summed E-state index contributed by atoms with van der Waals surface area (Å²) in [5.41, 5.74) is 0. The van der Waals surface area contributed by atoms with E-state index in [1.54, 1.807) is 4.90 Å². The van der Waals surface area contributed by atoms with Gasteiger partial charge in [0.15, 0.2) is 0 Å². The molecule has 1 amide bonds. The molecule has 2 heteroatoms. The largest absolute Gasteiger partial charge is 0.342 e. The fourth-order valence-electron chi connectivity index (χ4n) is 0.992. The lowest BCUT2D eigenvalue weighted by Gasteiger charge is -2.36. The Morgan fingerprint density at radius 1 is 1.88 bits per heavy atom. The third kappa shape index (κ3) is 0.602. The summed E-state index contributed by atoms with van der Waals surface area (Å²) in [7, 11) is 1.86. The highest BCUT2D eigenvalue weighted by Crippen LogP contribution is 2.18. The van der Waals surface area contributed by atoms with Crippen LogP contribution in [-0.2, 0) is 4.79 Å². The maximum atomic E-state index is 10.5. The Kier molecular flexibility index (Phi) is 1.24. The summed E-state index contributed by atoms with van der Waals surface area (Å²) in [6, 6.07) is 0.544. The number of likely N-dealkylation sites (tertiary alicyclic amines) is 1. The molecule has 0 saturated carbocycles. The number of rotatable bonds is 1. The van der Waals surface area contributed by atoms with Gasteiger partial charge < -0.3 is 4.90 Å². The van der Waals surface area contributed by atoms with Gasteiger partial charge in [0.25, 0.3) is 0 Å². The number of carbonyl (C=O) groups is 1. The first kappa shape index (κ1) is 5.60. The van der Waals surface area contributed by atoms with Crippen LogP contribution in [0.3, 0.4) is 0 Å². The first-order valence-electron chi connectivity index (χ1n) is 3.01. The predicted molar refractivity (Wildman–Crippen MR) is 31.5 cm³/mol. The Morgan fingerprint density at radius 3 is 2.62 bits per heavy atom. The van der Waals surface area contributed by atoms with Crippen molar-refractivity contribution in [3.63, 3.8) is 0 Å². The maximum Gasteiger partial charge on any atom is 0.224 e. The molecule has 0 N–H and O–H groups in total. The van der Waals surface area contributed by atoms with Gasteiger partial charge in [-0.1, -0.05) is 6.92 Å². The van der Waals surface area contributed by atoms with Crippen molar-refractivity contribution in [2.75, 3.05) is 7.05 Å². The highest BCUT2D eigenvalue weighted by Gasteiger charge is 2.30. The maximum absolute atomic E-state index is 10.5. The monoisotopic (exact) mass is 113 g/mol. The molecule has 2 nitrogen and oxygen atoms in total. The summed E-state index contributed by atoms with van der Waals surface area (Å²) in [5, 5.41) is 0. The van der Waals surface area contributed by atoms with Crippen molar-refractivity contribution >= 4 is 5.91 Å². The average Bonchev–Trinajstić information content (AvgIpc) is 1.81. The highest BCUT2D eigenvalue weighted by atomic mass is 16.2. The Bertz CT molecular complexity index is 111. The Balaban J connectivity index is 2.35. The van der Waals surface area contributed by atoms with E-state index in [1.165, 1.54) is 0 Å². The third-order valence-corrected chi connectivity index (χ3v) is 1.82. The fourth-order valence-corrected chi connectivity index (χ4v) is 0.992. The number of hydrogen-bond acceptors (Lipinski definition) is 1. The van der Waals surface area contributed by atoms with E-state index in [0.29, 0.717) is 6.04 Å². The van der Waals surface area contributed by atoms with Crippen LogP contribution in [0.1, 0.15) is 19.8 Å². The molecule has 1 saturated heterocycles. The minimum Gasteiger partial charge on any atom is -0.342 e. The topological polar surface area (TPSA) is 20.3 Å². The van der Waals surface area contributed by atoms with Crippen LogP contribution in [0.15, 0.2) is 0 Å². The Hall–Kier alpha value is -0.530. The van der Waals surface area contributed by atoms with E-state index in [-0.39, 0.29) is 5.91 Å². The summed E-state index contributed by atoms with van der Waals surface area (Å²) >= 11 is 0. The van der Waals surface area contributed by atoms with E-state index >= 15 is 0 Å². The SMILES string of the molecule is CCC1CC(=O)N1C. The zero-order chi connectivity index (χ0) is 6.15. The molecule has 0 aromatic carbocycles. The smallest absolute Gasteiger partial charge is 0.224 e. The molecule has 8 heavy (non-hydrogen) atoms. The average molecular weight is 113 g/mol. The van der Waals surface area contributed by atoms with Crippen molar-refractivity contribution in [1.29, 1.82) is 0 Å². The van der Waals surface area contributed by atoms with E-state index < -0.39 is 0 Å². The van der Waals surface area contributed by atoms with E-state index in [0.717, 1.165) is 12.8 Å². The van der Waals surface area contributed by atoms with Gasteiger partial charge in [-0.05, 0) is 6.42 Å². The first-order valence-corrected chi connectivity index (χ1v) is 3.01. The molecule has 0 aromatic heterocycles. The molecule has 0 spiro atoms. The van der Waals surface area contributed by atoms with Crippen molar-refractivity contribution in [2.45, 2.75) is 25.8 Å². The molecule has 0 aliphatic carbocycles. The second kappa shape index (κ2) is 1.77. The van der Waals surface area contributed by atoms with Gasteiger partial charge in [0, 0.05) is 19.5 Å². The third-order valence-electron chi connectivity index (χ3n) is 1.82. The summed E-state index contributed by atoms with van der Waals surface area (Å²) in [4.78, 5) is 12.3. The number of carbonyl (C=O) groups excluding carboxylic acids is 1. The number of β-lactam (4-membered cyclic amide) rings is 1. The molecule has 46 valence electrons. The standard InChI is InChI=1S/C6H11NO/c1-3-5-4-6(8)7(5)2/h5H,3-4H2,1-2H3. The number of hydrogen-bond donors (Lipinski definition) is 0. The van der Waals surface area contributed by atoms with E-state index in [4.69, 9.17) is 0 Å². The molecule has 0 bridgehead atoms. The van der Waals surface area contributed by atoms with E-state index in [1.807, 2.05) is 7.05 Å². The van der Waals surface area contributed by atoms with Crippen LogP contribution in [0.2, 0.25) is 0 Å². The van der Waals surface area contributed by atoms with Crippen LogP contribution in [0.25, 0.3) is 0 Å². The summed E-state index contributed by atoms with van der Waals surface area (Å²) in [6.07, 6.45) is 1.87. The predicted octanol–water partition coefficient (Wildman–Crippen LogP) is 0.627. The second-order valence-corrected chi connectivity index (χ2v) is 2.27. The van der Waals surface area contributed by atoms with Crippen LogP contribution in [0, 0.1) is 0 Å². The van der Waals surface area contributed by atoms with Crippen molar-refractivity contribution in [3.8, 4) is 0 Å². The van der Waals surface area contributed by atoms with Gasteiger partial charge in [-0.15, -0.1) is 0 Å². The van der Waals surface area contributed by atoms with Crippen molar-refractivity contribution in [3.05, 3.63) is 0 Å². The summed E-state index contributed by atoms with van der Waals surface area (Å²) < 4.78 is 0. The van der Waals surface area contributed by atoms with Gasteiger partial charge in [-0.25, -0.2) is 0 Å². The zero-order valence-electron chi connectivity index (χ0n) is 5.35. The van der Waals surface area contributed by atoms with Gasteiger partial charge in [0.1, 0.15) is 0 Å². The molecule has 1 fully saturated rings. The van der Waals surface area contributed by atoms with Crippen LogP contribution in [0.5, 0.6) is 0 Å². The van der Waals surface area contributed by atoms with Gasteiger partial charge in [0.05, 0.1) is 0 Å². The van der Waals surface area contributed by atoms with Crippen LogP contribution in [-0.4, -0.2) is 23.9 Å². The molecular formula is C6H11NO. The minimum atomic E-state index is 0.289. The molecule has 0 radical (unpaired) electrons. The van der Waals surface area contributed by atoms with Crippen LogP contribution in [0.4, 0.5) is 0 Å². The van der Waals surface area contributed by atoms with E-state index in [9.17, 15) is 4.79 Å². The van der Waals surface area contributed by atoms with Gasteiger partial charge in [0.2, 0.25) is 5.91 Å². The number of amides is 1. The Morgan fingerprint density at radius 2 is 2.50 bits per heavy atom. The molecule has 1 aliphatic heterocycles. The summed E-state index contributed by atoms with van der Waals surface area (Å²) in [6.45, 7) is 2.10. The number of nitrogens with zero attached hydrogens (tertiary/aromatic N) is 1. The van der Waals surface area contributed by atoms with Crippen molar-refractivity contribution < 1.29 is 4.79 Å². The lowest BCUT2D eigenvalue weighted by molar-refractivity contribution is -0.143. The molecular weight excluding hydrogens is 102 g/mol. The lowest BCUT2D eigenvalue weighted by Crippen LogP contribution is -2.49. The van der Waals surface area contributed by atoms with Gasteiger partial charge in [-0.3, -0.25) is 4.79 Å². The molecule has 1 unspecified atom stereocenters. The lowest BCUT2D eigenvalue weighted by atomic mass is 10.0. The normalized spacial score (nSPS) is 28.0. The zero-order valence-corrected chi connectivity index (χ0v) is 5.35. The molecule has 1 rings (SSSR count). The Labute approximate surface area is 49.5 Å². The van der Waals surface area contributed by atoms with Gasteiger partial charge >= 0.3 is 0 Å². The first-order chi connectivity index (χ1) is 3.75. The highest BCUT2D eigenvalue weighted by molar-refractivity contribution is 5.82. The quantitative estimate of drug-likeness (QED) is 0.457. The second-order valence-electron chi connectivity index (χ2n) is 2.27.